The summed E-state index contributed by atoms with van der Waals surface area (Å²) in [5.74, 6) is -0.180. The molecule has 0 spiro atoms. The predicted molar refractivity (Wildman–Crippen MR) is 106 cm³/mol. The first-order valence-electron chi connectivity index (χ1n) is 9.92. The lowest BCUT2D eigenvalue weighted by Gasteiger charge is -2.24. The van der Waals surface area contributed by atoms with E-state index >= 15 is 0 Å². The standard InChI is InChI=1S/C21H25NO2.CH2O3/c23-19(24)14-18-21(16-10-5-2-6-11-16)20(15-8-3-1-4-9-15)17-12-7-13-22(17)18;2-1(3)4/h1,3-4,8-9,16H,2,5-7,10-14H2,(H,23,24);(H2,2,3,4). The molecule has 1 saturated carbocycles. The quantitative estimate of drug-likeness (QED) is 0.688. The van der Waals surface area contributed by atoms with Crippen LogP contribution in [0.5, 0.6) is 0 Å². The zero-order chi connectivity index (χ0) is 20.1. The van der Waals surface area contributed by atoms with Gasteiger partial charge in [0.2, 0.25) is 0 Å². The van der Waals surface area contributed by atoms with Crippen molar-refractivity contribution in [1.82, 2.24) is 4.57 Å². The third-order valence-electron chi connectivity index (χ3n) is 5.71. The van der Waals surface area contributed by atoms with Crippen LogP contribution in [0.4, 0.5) is 4.79 Å². The Kier molecular flexibility index (Phi) is 6.39. The number of carbonyl (C=O) groups is 2. The van der Waals surface area contributed by atoms with E-state index in [-0.39, 0.29) is 6.42 Å². The topological polar surface area (TPSA) is 99.8 Å². The van der Waals surface area contributed by atoms with E-state index in [1.54, 1.807) is 0 Å². The second kappa shape index (κ2) is 8.95. The summed E-state index contributed by atoms with van der Waals surface area (Å²) in [6, 6.07) is 10.6. The smallest absolute Gasteiger partial charge is 0.481 e. The van der Waals surface area contributed by atoms with Gasteiger partial charge in [0.15, 0.2) is 0 Å². The zero-order valence-electron chi connectivity index (χ0n) is 15.9. The van der Waals surface area contributed by atoms with Gasteiger partial charge in [-0.05, 0) is 42.7 Å². The molecule has 6 nitrogen and oxygen atoms in total. The van der Waals surface area contributed by atoms with Crippen LogP contribution >= 0.6 is 0 Å². The molecule has 1 aliphatic heterocycles. The molecular formula is C22H27NO5. The van der Waals surface area contributed by atoms with E-state index in [1.807, 2.05) is 0 Å². The van der Waals surface area contributed by atoms with Gasteiger partial charge in [0.1, 0.15) is 0 Å². The molecule has 0 unspecified atom stereocenters. The van der Waals surface area contributed by atoms with Gasteiger partial charge in [-0.15, -0.1) is 0 Å². The summed E-state index contributed by atoms with van der Waals surface area (Å²) >= 11 is 0. The number of hydrogen-bond acceptors (Lipinski definition) is 2. The Labute approximate surface area is 164 Å². The fourth-order valence-corrected chi connectivity index (χ4v) is 4.77. The third-order valence-corrected chi connectivity index (χ3v) is 5.71. The van der Waals surface area contributed by atoms with Gasteiger partial charge in [-0.1, -0.05) is 49.6 Å². The SMILES string of the molecule is O=C(O)Cc1c(C2CCCCC2)c(-c2ccccc2)c2n1CCC2.O=C(O)O. The lowest BCUT2D eigenvalue weighted by Crippen LogP contribution is -2.13. The molecule has 1 aliphatic carbocycles. The Bertz CT molecular complexity index is 830. The van der Waals surface area contributed by atoms with Crippen LogP contribution in [0.25, 0.3) is 11.1 Å². The lowest BCUT2D eigenvalue weighted by atomic mass is 9.80. The van der Waals surface area contributed by atoms with Crippen molar-refractivity contribution in [2.75, 3.05) is 0 Å². The van der Waals surface area contributed by atoms with Crippen molar-refractivity contribution in [2.24, 2.45) is 0 Å². The van der Waals surface area contributed by atoms with Crippen molar-refractivity contribution >= 4 is 12.1 Å². The summed E-state index contributed by atoms with van der Waals surface area (Å²) in [5, 5.41) is 23.4. The minimum atomic E-state index is -1.83. The molecule has 3 N–H and O–H groups in total. The minimum Gasteiger partial charge on any atom is -0.481 e. The number of nitrogens with zero attached hydrogens (tertiary/aromatic N) is 1. The van der Waals surface area contributed by atoms with Crippen LogP contribution in [0.15, 0.2) is 30.3 Å². The van der Waals surface area contributed by atoms with Crippen molar-refractivity contribution in [2.45, 2.75) is 63.8 Å². The molecule has 2 aliphatic rings. The summed E-state index contributed by atoms with van der Waals surface area (Å²) in [5.41, 5.74) is 6.44. The van der Waals surface area contributed by atoms with Crippen LogP contribution in [-0.2, 0) is 24.2 Å². The molecule has 0 atom stereocenters. The van der Waals surface area contributed by atoms with E-state index in [0.29, 0.717) is 5.92 Å². The number of hydrogen-bond donors (Lipinski definition) is 3. The summed E-state index contributed by atoms with van der Waals surface area (Å²) in [6.07, 6.45) is 6.80. The van der Waals surface area contributed by atoms with Gasteiger partial charge < -0.3 is 19.9 Å². The molecule has 0 radical (unpaired) electrons. The van der Waals surface area contributed by atoms with E-state index in [1.165, 1.54) is 54.5 Å². The highest BCUT2D eigenvalue weighted by atomic mass is 16.6. The van der Waals surface area contributed by atoms with Gasteiger partial charge in [0, 0.05) is 23.5 Å². The van der Waals surface area contributed by atoms with Gasteiger partial charge in [0.25, 0.3) is 0 Å². The van der Waals surface area contributed by atoms with Crippen molar-refractivity contribution in [3.8, 4) is 11.1 Å². The molecular weight excluding hydrogens is 358 g/mol. The highest BCUT2D eigenvalue weighted by molar-refractivity contribution is 5.77. The molecule has 2 heterocycles. The Morgan fingerprint density at radius 1 is 0.964 bits per heavy atom. The fraction of sp³-hybridized carbons (Fsp3) is 0.455. The maximum Gasteiger partial charge on any atom is 0.503 e. The fourth-order valence-electron chi connectivity index (χ4n) is 4.77. The summed E-state index contributed by atoms with van der Waals surface area (Å²) < 4.78 is 2.33. The zero-order valence-corrected chi connectivity index (χ0v) is 15.9. The molecule has 4 rings (SSSR count). The summed E-state index contributed by atoms with van der Waals surface area (Å²) in [4.78, 5) is 20.1. The lowest BCUT2D eigenvalue weighted by molar-refractivity contribution is -0.136. The first-order chi connectivity index (χ1) is 13.5. The first-order valence-corrected chi connectivity index (χ1v) is 9.92. The van der Waals surface area contributed by atoms with Crippen LogP contribution in [0.1, 0.15) is 61.4 Å². The van der Waals surface area contributed by atoms with E-state index in [9.17, 15) is 9.90 Å². The van der Waals surface area contributed by atoms with Gasteiger partial charge in [-0.25, -0.2) is 4.79 Å². The highest BCUT2D eigenvalue weighted by Gasteiger charge is 2.31. The monoisotopic (exact) mass is 385 g/mol. The highest BCUT2D eigenvalue weighted by Crippen LogP contribution is 2.45. The Balaban J connectivity index is 0.000000516. The molecule has 0 saturated heterocycles. The van der Waals surface area contributed by atoms with Gasteiger partial charge in [0.05, 0.1) is 6.42 Å². The van der Waals surface area contributed by atoms with E-state index in [4.69, 9.17) is 15.0 Å². The maximum absolute atomic E-state index is 11.5. The van der Waals surface area contributed by atoms with Crippen molar-refractivity contribution in [3.05, 3.63) is 47.3 Å². The van der Waals surface area contributed by atoms with Crippen LogP contribution in [0.2, 0.25) is 0 Å². The number of aliphatic carboxylic acids is 1. The molecule has 150 valence electrons. The molecule has 28 heavy (non-hydrogen) atoms. The predicted octanol–water partition coefficient (Wildman–Crippen LogP) is 5.00. The molecule has 2 aromatic rings. The van der Waals surface area contributed by atoms with E-state index < -0.39 is 12.1 Å². The normalized spacial score (nSPS) is 16.1. The number of benzene rings is 1. The Morgan fingerprint density at radius 3 is 2.21 bits per heavy atom. The molecule has 6 heteroatoms. The summed E-state index contributed by atoms with van der Waals surface area (Å²) in [6.45, 7) is 0.977. The minimum absolute atomic E-state index is 0.158. The second-order valence-corrected chi connectivity index (χ2v) is 7.49. The molecule has 1 fully saturated rings. The van der Waals surface area contributed by atoms with E-state index in [0.717, 1.165) is 25.1 Å². The summed E-state index contributed by atoms with van der Waals surface area (Å²) in [7, 11) is 0. The maximum atomic E-state index is 11.5. The number of fused-ring (bicyclic) bond motifs is 1. The number of carboxylic acid groups (broad SMARTS) is 3. The third kappa shape index (κ3) is 4.38. The molecule has 0 bridgehead atoms. The van der Waals surface area contributed by atoms with Crippen molar-refractivity contribution in [1.29, 1.82) is 0 Å². The number of rotatable bonds is 4. The van der Waals surface area contributed by atoms with Crippen molar-refractivity contribution in [3.63, 3.8) is 0 Å². The molecule has 1 aromatic heterocycles. The van der Waals surface area contributed by atoms with Crippen LogP contribution < -0.4 is 0 Å². The van der Waals surface area contributed by atoms with Crippen LogP contribution in [0, 0.1) is 0 Å². The Morgan fingerprint density at radius 2 is 1.61 bits per heavy atom. The number of aromatic nitrogens is 1. The Hall–Kier alpha value is -2.76. The average Bonchev–Trinajstić information content (AvgIpc) is 3.24. The first kappa shape index (κ1) is 20.0. The van der Waals surface area contributed by atoms with Crippen LogP contribution in [0.3, 0.4) is 0 Å². The van der Waals surface area contributed by atoms with Gasteiger partial charge >= 0.3 is 12.1 Å². The average molecular weight is 385 g/mol. The van der Waals surface area contributed by atoms with E-state index in [2.05, 4.69) is 34.9 Å². The van der Waals surface area contributed by atoms with Gasteiger partial charge in [-0.3, -0.25) is 4.79 Å². The number of carboxylic acids is 1. The second-order valence-electron chi connectivity index (χ2n) is 7.49. The van der Waals surface area contributed by atoms with Gasteiger partial charge in [-0.2, -0.15) is 0 Å². The largest absolute Gasteiger partial charge is 0.503 e. The molecule has 0 amide bonds. The van der Waals surface area contributed by atoms with Crippen LogP contribution in [-0.4, -0.2) is 32.0 Å². The van der Waals surface area contributed by atoms with Crippen molar-refractivity contribution < 1.29 is 24.9 Å². The molecule has 1 aromatic carbocycles.